The molecule has 0 radical (unpaired) electrons. The Morgan fingerprint density at radius 2 is 1.71 bits per heavy atom. The number of nitrogens with one attached hydrogen (secondary N) is 4. The molecular formula is C20H28N8O6. The predicted molar refractivity (Wildman–Crippen MR) is 116 cm³/mol. The number of carboxylic acid groups (broad SMARTS) is 1. The topological polar surface area (TPSA) is 219 Å². The van der Waals surface area contributed by atoms with Gasteiger partial charge in [0.2, 0.25) is 17.7 Å². The number of amides is 3. The van der Waals surface area contributed by atoms with Crippen LogP contribution in [0.1, 0.15) is 24.2 Å². The molecule has 14 heteroatoms. The number of imidazole rings is 2. The lowest BCUT2D eigenvalue weighted by atomic mass is 10.1. The maximum absolute atomic E-state index is 13.1. The second-order valence-corrected chi connectivity index (χ2v) is 8.00. The molecule has 4 atom stereocenters. The fourth-order valence-corrected chi connectivity index (χ4v) is 3.78. The molecule has 3 heterocycles. The number of rotatable bonds is 11. The molecule has 2 aromatic heterocycles. The molecule has 0 spiro atoms. The van der Waals surface area contributed by atoms with Crippen LogP contribution in [0.2, 0.25) is 0 Å². The van der Waals surface area contributed by atoms with Crippen LogP contribution >= 0.6 is 0 Å². The summed E-state index contributed by atoms with van der Waals surface area (Å²) >= 11 is 0. The number of carbonyl (C=O) groups is 4. The van der Waals surface area contributed by atoms with Crippen LogP contribution in [-0.4, -0.2) is 96.1 Å². The van der Waals surface area contributed by atoms with Gasteiger partial charge < -0.3 is 41.4 Å². The minimum absolute atomic E-state index is 0.0186. The van der Waals surface area contributed by atoms with Gasteiger partial charge in [-0.05, 0) is 12.8 Å². The molecule has 3 rings (SSSR count). The number of likely N-dealkylation sites (tertiary alicyclic amines) is 1. The van der Waals surface area contributed by atoms with Crippen molar-refractivity contribution in [1.82, 2.24) is 35.5 Å². The van der Waals surface area contributed by atoms with E-state index in [0.29, 0.717) is 30.8 Å². The van der Waals surface area contributed by atoms with Gasteiger partial charge in [-0.3, -0.25) is 14.4 Å². The second kappa shape index (κ2) is 11.4. The summed E-state index contributed by atoms with van der Waals surface area (Å²) in [5.74, 6) is -3.09. The molecule has 0 aromatic carbocycles. The van der Waals surface area contributed by atoms with Gasteiger partial charge in [-0.25, -0.2) is 14.8 Å². The third-order valence-electron chi connectivity index (χ3n) is 5.56. The third-order valence-corrected chi connectivity index (χ3v) is 5.56. The van der Waals surface area contributed by atoms with Gasteiger partial charge in [-0.15, -0.1) is 0 Å². The first kappa shape index (κ1) is 24.9. The van der Waals surface area contributed by atoms with Crippen molar-refractivity contribution in [3.63, 3.8) is 0 Å². The zero-order chi connectivity index (χ0) is 24.7. The number of aliphatic hydroxyl groups excluding tert-OH is 1. The number of H-pyrrole nitrogens is 2. The molecule has 3 amide bonds. The SMILES string of the molecule is NC(CO)C(=O)N1CCCC1C(=O)NC(Cc1cnc[nH]1)C(=O)NC(Cc1cnc[nH]1)C(=O)O. The Morgan fingerprint density at radius 3 is 2.24 bits per heavy atom. The largest absolute Gasteiger partial charge is 0.480 e. The summed E-state index contributed by atoms with van der Waals surface area (Å²) in [6.45, 7) is -0.255. The number of nitrogens with two attached hydrogens (primary N) is 1. The maximum Gasteiger partial charge on any atom is 0.326 e. The number of hydrogen-bond donors (Lipinski definition) is 7. The molecular weight excluding hydrogens is 448 g/mol. The summed E-state index contributed by atoms with van der Waals surface area (Å²) in [6.07, 6.45) is 6.66. The number of carbonyl (C=O) groups excluding carboxylic acids is 3. The van der Waals surface area contributed by atoms with Gasteiger partial charge in [-0.2, -0.15) is 0 Å². The fraction of sp³-hybridized carbons (Fsp3) is 0.500. The van der Waals surface area contributed by atoms with Crippen molar-refractivity contribution in [3.8, 4) is 0 Å². The normalized spacial score (nSPS) is 18.2. The van der Waals surface area contributed by atoms with E-state index in [9.17, 15) is 29.4 Å². The van der Waals surface area contributed by atoms with E-state index in [0.717, 1.165) is 0 Å². The summed E-state index contributed by atoms with van der Waals surface area (Å²) in [4.78, 5) is 64.9. The van der Waals surface area contributed by atoms with E-state index in [2.05, 4.69) is 30.6 Å². The van der Waals surface area contributed by atoms with Gasteiger partial charge in [0.1, 0.15) is 24.2 Å². The van der Waals surface area contributed by atoms with Crippen LogP contribution in [0.4, 0.5) is 0 Å². The van der Waals surface area contributed by atoms with E-state index >= 15 is 0 Å². The maximum atomic E-state index is 13.1. The number of aromatic nitrogens is 4. The minimum atomic E-state index is -1.26. The number of carboxylic acids is 1. The number of hydrogen-bond acceptors (Lipinski definition) is 8. The summed E-state index contributed by atoms with van der Waals surface area (Å²) in [5.41, 5.74) is 6.69. The average molecular weight is 476 g/mol. The summed E-state index contributed by atoms with van der Waals surface area (Å²) < 4.78 is 0. The van der Waals surface area contributed by atoms with Crippen molar-refractivity contribution in [2.24, 2.45) is 5.73 Å². The highest BCUT2D eigenvalue weighted by Gasteiger charge is 2.38. The van der Waals surface area contributed by atoms with E-state index in [1.165, 1.54) is 29.9 Å². The lowest BCUT2D eigenvalue weighted by molar-refractivity contribution is -0.143. The highest BCUT2D eigenvalue weighted by molar-refractivity contribution is 5.94. The smallest absolute Gasteiger partial charge is 0.326 e. The Labute approximate surface area is 194 Å². The lowest BCUT2D eigenvalue weighted by Crippen LogP contribution is -2.57. The first-order valence-corrected chi connectivity index (χ1v) is 10.7. The molecule has 1 aliphatic rings. The number of aliphatic hydroxyl groups is 1. The number of nitrogens with zero attached hydrogens (tertiary/aromatic N) is 3. The Balaban J connectivity index is 1.73. The van der Waals surface area contributed by atoms with Crippen molar-refractivity contribution in [1.29, 1.82) is 0 Å². The molecule has 184 valence electrons. The van der Waals surface area contributed by atoms with Crippen LogP contribution in [0, 0.1) is 0 Å². The molecule has 4 unspecified atom stereocenters. The molecule has 0 aliphatic carbocycles. The van der Waals surface area contributed by atoms with E-state index in [1.807, 2.05) is 0 Å². The molecule has 2 aromatic rings. The van der Waals surface area contributed by atoms with Crippen molar-refractivity contribution < 1.29 is 29.4 Å². The van der Waals surface area contributed by atoms with Gasteiger partial charge in [0.25, 0.3) is 0 Å². The highest BCUT2D eigenvalue weighted by Crippen LogP contribution is 2.19. The van der Waals surface area contributed by atoms with Crippen molar-refractivity contribution in [2.75, 3.05) is 13.2 Å². The first-order valence-electron chi connectivity index (χ1n) is 10.7. The van der Waals surface area contributed by atoms with E-state index in [-0.39, 0.29) is 12.8 Å². The Bertz CT molecular complexity index is 979. The average Bonchev–Trinajstić information content (AvgIpc) is 3.59. The van der Waals surface area contributed by atoms with Crippen molar-refractivity contribution in [2.45, 2.75) is 49.9 Å². The summed E-state index contributed by atoms with van der Waals surface area (Å²) in [7, 11) is 0. The van der Waals surface area contributed by atoms with Crippen LogP contribution in [-0.2, 0) is 32.0 Å². The van der Waals surface area contributed by atoms with Crippen LogP contribution in [0.3, 0.4) is 0 Å². The molecule has 8 N–H and O–H groups in total. The van der Waals surface area contributed by atoms with Gasteiger partial charge in [0, 0.05) is 43.2 Å². The quantitative estimate of drug-likeness (QED) is 0.179. The zero-order valence-corrected chi connectivity index (χ0v) is 18.3. The Hall–Kier alpha value is -3.78. The standard InChI is InChI=1S/C20H28N8O6/c21-13(8-29)19(32)28-3-1-2-16(28)18(31)26-14(4-11-6-22-9-24-11)17(30)27-15(20(33)34)5-12-7-23-10-25-12/h6-7,9-10,13-16,29H,1-5,8,21H2,(H,22,24)(H,23,25)(H,26,31)(H,27,30)(H,33,34). The first-order chi connectivity index (χ1) is 16.3. The minimum Gasteiger partial charge on any atom is -0.480 e. The highest BCUT2D eigenvalue weighted by atomic mass is 16.4. The van der Waals surface area contributed by atoms with Crippen LogP contribution in [0.25, 0.3) is 0 Å². The molecule has 34 heavy (non-hydrogen) atoms. The molecule has 14 nitrogen and oxygen atoms in total. The third kappa shape index (κ3) is 6.17. The summed E-state index contributed by atoms with van der Waals surface area (Å²) in [5, 5.41) is 23.8. The van der Waals surface area contributed by atoms with E-state index < -0.39 is 54.5 Å². The Morgan fingerprint density at radius 1 is 1.09 bits per heavy atom. The van der Waals surface area contributed by atoms with Gasteiger partial charge in [0.15, 0.2) is 0 Å². The van der Waals surface area contributed by atoms with E-state index in [4.69, 9.17) is 5.73 Å². The molecule has 1 saturated heterocycles. The molecule has 1 aliphatic heterocycles. The molecule has 0 saturated carbocycles. The number of aromatic amines is 2. The second-order valence-electron chi connectivity index (χ2n) is 8.00. The van der Waals surface area contributed by atoms with Gasteiger partial charge in [0.05, 0.1) is 19.3 Å². The van der Waals surface area contributed by atoms with Crippen LogP contribution in [0.5, 0.6) is 0 Å². The predicted octanol–water partition coefficient (Wildman–Crippen LogP) is -2.72. The summed E-state index contributed by atoms with van der Waals surface area (Å²) in [6, 6.07) is -4.40. The zero-order valence-electron chi connectivity index (χ0n) is 18.3. The van der Waals surface area contributed by atoms with Crippen LogP contribution in [0.15, 0.2) is 25.0 Å². The monoisotopic (exact) mass is 476 g/mol. The lowest BCUT2D eigenvalue weighted by Gasteiger charge is -2.28. The number of aliphatic carboxylic acids is 1. The molecule has 0 bridgehead atoms. The van der Waals surface area contributed by atoms with Crippen LogP contribution < -0.4 is 16.4 Å². The molecule has 1 fully saturated rings. The Kier molecular flexibility index (Phi) is 8.32. The van der Waals surface area contributed by atoms with Gasteiger partial charge in [-0.1, -0.05) is 0 Å². The fourth-order valence-electron chi connectivity index (χ4n) is 3.78. The van der Waals surface area contributed by atoms with Gasteiger partial charge >= 0.3 is 5.97 Å². The van der Waals surface area contributed by atoms with E-state index in [1.54, 1.807) is 0 Å². The van der Waals surface area contributed by atoms with Crippen molar-refractivity contribution in [3.05, 3.63) is 36.4 Å². The van der Waals surface area contributed by atoms with Crippen molar-refractivity contribution >= 4 is 23.7 Å².